The molecule has 2 aromatic carbocycles. The molecule has 2 aromatic heterocycles. The minimum atomic E-state index is -4.49. The van der Waals surface area contributed by atoms with Gasteiger partial charge in [-0.1, -0.05) is 13.0 Å². The number of rotatable bonds is 7. The minimum absolute atomic E-state index is 0.0808. The van der Waals surface area contributed by atoms with Gasteiger partial charge in [0.2, 0.25) is 11.9 Å². The second-order valence-corrected chi connectivity index (χ2v) is 10.3. The quantitative estimate of drug-likeness (QED) is 0.281. The number of nitrogens with one attached hydrogen (secondary N) is 2. The van der Waals surface area contributed by atoms with Gasteiger partial charge in [-0.3, -0.25) is 9.48 Å². The summed E-state index contributed by atoms with van der Waals surface area (Å²) in [5, 5.41) is 11.4. The summed E-state index contributed by atoms with van der Waals surface area (Å²) < 4.78 is 40.7. The molecule has 1 saturated carbocycles. The van der Waals surface area contributed by atoms with E-state index in [1.54, 1.807) is 11.7 Å². The van der Waals surface area contributed by atoms with E-state index in [0.29, 0.717) is 17.7 Å². The van der Waals surface area contributed by atoms with Gasteiger partial charge < -0.3 is 16.4 Å². The van der Waals surface area contributed by atoms with Crippen molar-refractivity contribution in [2.45, 2.75) is 63.7 Å². The Morgan fingerprint density at radius 2 is 1.90 bits per heavy atom. The molecule has 0 spiro atoms. The molecule has 40 heavy (non-hydrogen) atoms. The van der Waals surface area contributed by atoms with E-state index in [1.165, 1.54) is 12.1 Å². The van der Waals surface area contributed by atoms with Crippen molar-refractivity contribution >= 4 is 28.4 Å². The van der Waals surface area contributed by atoms with E-state index in [2.05, 4.69) is 33.7 Å². The maximum absolute atomic E-state index is 13.0. The van der Waals surface area contributed by atoms with Crippen molar-refractivity contribution in [1.29, 1.82) is 0 Å². The Labute approximate surface area is 230 Å². The zero-order chi connectivity index (χ0) is 28.4. The standard InChI is InChI=1S/C29H32F3N7O/c1-3-17-11-18(12-19-16-34-28(37-27(17)19)36-22-9-7-21(33)8-10-22)25-14-24(38-39(25)2)15-26(40)35-23-6-4-5-20(13-23)29(30,31)32/h4-6,11-14,16,21-22H,3,7-10,15,33H2,1-2H3,(H,35,40)(H,34,36,37). The highest BCUT2D eigenvalue weighted by Crippen LogP contribution is 2.31. The molecule has 0 aliphatic heterocycles. The lowest BCUT2D eigenvalue weighted by molar-refractivity contribution is -0.137. The molecule has 5 rings (SSSR count). The summed E-state index contributed by atoms with van der Waals surface area (Å²) in [5.41, 5.74) is 9.46. The van der Waals surface area contributed by atoms with Crippen LogP contribution in [0.5, 0.6) is 0 Å². The number of carbonyl (C=O) groups excluding carboxylic acids is 1. The molecule has 0 saturated heterocycles. The molecule has 0 radical (unpaired) electrons. The van der Waals surface area contributed by atoms with Crippen LogP contribution >= 0.6 is 0 Å². The van der Waals surface area contributed by atoms with E-state index >= 15 is 0 Å². The average molecular weight is 552 g/mol. The number of nitrogens with zero attached hydrogens (tertiary/aromatic N) is 4. The van der Waals surface area contributed by atoms with E-state index in [1.807, 2.05) is 18.3 Å². The van der Waals surface area contributed by atoms with E-state index in [0.717, 1.165) is 72.0 Å². The zero-order valence-electron chi connectivity index (χ0n) is 22.4. The number of aryl methyl sites for hydroxylation is 2. The monoisotopic (exact) mass is 551 g/mol. The SMILES string of the molecule is CCc1cc(-c2cc(CC(=O)Nc3cccc(C(F)(F)F)c3)nn2C)cc2cnc(NC3CCC(N)CC3)nc12. The van der Waals surface area contributed by atoms with Crippen molar-refractivity contribution in [2.75, 3.05) is 10.6 Å². The van der Waals surface area contributed by atoms with E-state index in [9.17, 15) is 18.0 Å². The lowest BCUT2D eigenvalue weighted by Gasteiger charge is -2.26. The third-order valence-electron chi connectivity index (χ3n) is 7.29. The van der Waals surface area contributed by atoms with E-state index < -0.39 is 17.6 Å². The number of alkyl halides is 3. The number of nitrogens with two attached hydrogens (primary N) is 1. The van der Waals surface area contributed by atoms with Gasteiger partial charge in [-0.2, -0.15) is 18.3 Å². The van der Waals surface area contributed by atoms with Gasteiger partial charge in [-0.05, 0) is 74.1 Å². The van der Waals surface area contributed by atoms with Crippen LogP contribution in [-0.4, -0.2) is 37.7 Å². The molecule has 0 unspecified atom stereocenters. The molecule has 210 valence electrons. The topological polar surface area (TPSA) is 111 Å². The maximum Gasteiger partial charge on any atom is 0.416 e. The second kappa shape index (κ2) is 11.2. The molecule has 0 bridgehead atoms. The van der Waals surface area contributed by atoms with Gasteiger partial charge in [-0.15, -0.1) is 0 Å². The molecular weight excluding hydrogens is 519 g/mol. The predicted molar refractivity (Wildman–Crippen MR) is 149 cm³/mol. The summed E-state index contributed by atoms with van der Waals surface area (Å²) in [6.45, 7) is 2.07. The molecule has 1 aliphatic rings. The summed E-state index contributed by atoms with van der Waals surface area (Å²) in [6, 6.07) is 11.0. The lowest BCUT2D eigenvalue weighted by Crippen LogP contribution is -2.33. The van der Waals surface area contributed by atoms with Gasteiger partial charge in [0, 0.05) is 42.0 Å². The molecular formula is C29H32F3N7O. The number of carbonyl (C=O) groups is 1. The van der Waals surface area contributed by atoms with Gasteiger partial charge in [0.1, 0.15) is 0 Å². The van der Waals surface area contributed by atoms with Gasteiger partial charge in [0.05, 0.1) is 28.9 Å². The first-order valence-corrected chi connectivity index (χ1v) is 13.4. The highest BCUT2D eigenvalue weighted by molar-refractivity contribution is 5.92. The largest absolute Gasteiger partial charge is 0.416 e. The molecule has 8 nitrogen and oxygen atoms in total. The average Bonchev–Trinajstić information content (AvgIpc) is 3.28. The number of benzene rings is 2. The highest BCUT2D eigenvalue weighted by atomic mass is 19.4. The maximum atomic E-state index is 13.0. The molecule has 0 atom stereocenters. The van der Waals surface area contributed by atoms with Gasteiger partial charge >= 0.3 is 6.18 Å². The number of fused-ring (bicyclic) bond motifs is 1. The van der Waals surface area contributed by atoms with Gasteiger partial charge in [0.15, 0.2) is 0 Å². The van der Waals surface area contributed by atoms with Crippen molar-refractivity contribution in [3.8, 4) is 11.3 Å². The van der Waals surface area contributed by atoms with Crippen LogP contribution in [0.15, 0.2) is 48.7 Å². The predicted octanol–water partition coefficient (Wildman–Crippen LogP) is 5.47. The van der Waals surface area contributed by atoms with Crippen molar-refractivity contribution in [3.05, 3.63) is 65.5 Å². The first-order chi connectivity index (χ1) is 19.1. The number of hydrogen-bond donors (Lipinski definition) is 3. The Hall–Kier alpha value is -3.99. The number of hydrogen-bond acceptors (Lipinski definition) is 6. The fourth-order valence-electron chi connectivity index (χ4n) is 5.18. The summed E-state index contributed by atoms with van der Waals surface area (Å²) in [5.74, 6) is 0.162. The Balaban J connectivity index is 1.33. The van der Waals surface area contributed by atoms with Gasteiger partial charge in [-0.25, -0.2) is 9.97 Å². The third kappa shape index (κ3) is 6.25. The van der Waals surface area contributed by atoms with Crippen LogP contribution in [0.4, 0.5) is 24.8 Å². The third-order valence-corrected chi connectivity index (χ3v) is 7.29. The number of amides is 1. The summed E-state index contributed by atoms with van der Waals surface area (Å²) in [7, 11) is 1.79. The Kier molecular flexibility index (Phi) is 7.75. The fraction of sp³-hybridized carbons (Fsp3) is 0.379. The van der Waals surface area contributed by atoms with Crippen LogP contribution in [0.1, 0.15) is 49.4 Å². The van der Waals surface area contributed by atoms with Crippen LogP contribution in [0.2, 0.25) is 0 Å². The number of aromatic nitrogens is 4. The van der Waals surface area contributed by atoms with Crippen LogP contribution in [0, 0.1) is 0 Å². The molecule has 1 fully saturated rings. The van der Waals surface area contributed by atoms with Crippen LogP contribution in [0.25, 0.3) is 22.2 Å². The molecule has 11 heteroatoms. The molecule has 2 heterocycles. The fourth-order valence-corrected chi connectivity index (χ4v) is 5.18. The van der Waals surface area contributed by atoms with Crippen molar-refractivity contribution in [1.82, 2.24) is 19.7 Å². The van der Waals surface area contributed by atoms with Crippen molar-refractivity contribution in [3.63, 3.8) is 0 Å². The molecule has 1 aliphatic carbocycles. The molecule has 4 N–H and O–H groups in total. The highest BCUT2D eigenvalue weighted by Gasteiger charge is 2.30. The van der Waals surface area contributed by atoms with Crippen molar-refractivity contribution < 1.29 is 18.0 Å². The minimum Gasteiger partial charge on any atom is -0.351 e. The van der Waals surface area contributed by atoms with E-state index in [4.69, 9.17) is 10.7 Å². The Morgan fingerprint density at radius 3 is 2.62 bits per heavy atom. The molecule has 4 aromatic rings. The Morgan fingerprint density at radius 1 is 1.12 bits per heavy atom. The first kappa shape index (κ1) is 27.6. The molecule has 1 amide bonds. The second-order valence-electron chi connectivity index (χ2n) is 10.3. The number of halogens is 3. The summed E-state index contributed by atoms with van der Waals surface area (Å²) in [4.78, 5) is 22.0. The smallest absolute Gasteiger partial charge is 0.351 e. The number of anilines is 2. The summed E-state index contributed by atoms with van der Waals surface area (Å²) >= 11 is 0. The van der Waals surface area contributed by atoms with Gasteiger partial charge in [0.25, 0.3) is 0 Å². The van der Waals surface area contributed by atoms with Crippen LogP contribution in [0.3, 0.4) is 0 Å². The zero-order valence-corrected chi connectivity index (χ0v) is 22.4. The van der Waals surface area contributed by atoms with E-state index in [-0.39, 0.29) is 18.2 Å². The lowest BCUT2D eigenvalue weighted by atomic mass is 9.92. The summed E-state index contributed by atoms with van der Waals surface area (Å²) in [6.07, 6.45) is 2.02. The van der Waals surface area contributed by atoms with Crippen LogP contribution in [-0.2, 0) is 30.9 Å². The Bertz CT molecular complexity index is 1520. The normalized spacial score (nSPS) is 17.6. The van der Waals surface area contributed by atoms with Crippen LogP contribution < -0.4 is 16.4 Å². The van der Waals surface area contributed by atoms with Crippen molar-refractivity contribution in [2.24, 2.45) is 12.8 Å². The first-order valence-electron chi connectivity index (χ1n) is 13.4.